The Labute approximate surface area is 125 Å². The van der Waals surface area contributed by atoms with E-state index in [0.29, 0.717) is 5.02 Å². The van der Waals surface area contributed by atoms with Crippen molar-refractivity contribution in [3.63, 3.8) is 0 Å². The molecule has 0 saturated carbocycles. The molecule has 3 nitrogen and oxygen atoms in total. The Morgan fingerprint density at radius 1 is 1.32 bits per heavy atom. The van der Waals surface area contributed by atoms with E-state index < -0.39 is 0 Å². The molecule has 1 aromatic carbocycles. The first-order chi connectivity index (χ1) is 9.15. The number of aryl methyl sites for hydroxylation is 1. The van der Waals surface area contributed by atoms with E-state index >= 15 is 0 Å². The highest BCUT2D eigenvalue weighted by Crippen LogP contribution is 2.28. The number of benzene rings is 1. The third-order valence-electron chi connectivity index (χ3n) is 3.32. The predicted octanol–water partition coefficient (Wildman–Crippen LogP) is 3.51. The molecule has 1 aromatic heterocycles. The lowest BCUT2D eigenvalue weighted by molar-refractivity contribution is 0.620. The molecular formula is C14H13BrClN3. The zero-order valence-corrected chi connectivity index (χ0v) is 12.8. The van der Waals surface area contributed by atoms with Gasteiger partial charge in [0.1, 0.15) is 0 Å². The van der Waals surface area contributed by atoms with Crippen molar-refractivity contribution in [2.24, 2.45) is 0 Å². The summed E-state index contributed by atoms with van der Waals surface area (Å²) in [6.07, 6.45) is 1.01. The molecule has 0 amide bonds. The Hall–Kier alpha value is -0.970. The fraction of sp³-hybridized carbons (Fsp3) is 0.286. The lowest BCUT2D eigenvalue weighted by Gasteiger charge is -2.18. The van der Waals surface area contributed by atoms with E-state index in [2.05, 4.69) is 38.1 Å². The van der Waals surface area contributed by atoms with E-state index in [9.17, 15) is 0 Å². The summed E-state index contributed by atoms with van der Waals surface area (Å²) in [7, 11) is 0. The molecule has 0 bridgehead atoms. The summed E-state index contributed by atoms with van der Waals surface area (Å²) in [5.41, 5.74) is 4.45. The van der Waals surface area contributed by atoms with E-state index in [1.54, 1.807) is 0 Å². The first-order valence-electron chi connectivity index (χ1n) is 6.17. The highest BCUT2D eigenvalue weighted by atomic mass is 79.9. The monoisotopic (exact) mass is 337 g/mol. The summed E-state index contributed by atoms with van der Waals surface area (Å²) < 4.78 is 0.865. The van der Waals surface area contributed by atoms with Gasteiger partial charge in [-0.2, -0.15) is 0 Å². The molecule has 2 heterocycles. The Morgan fingerprint density at radius 3 is 2.95 bits per heavy atom. The van der Waals surface area contributed by atoms with Gasteiger partial charge in [-0.15, -0.1) is 0 Å². The quantitative estimate of drug-likeness (QED) is 0.864. The summed E-state index contributed by atoms with van der Waals surface area (Å²) >= 11 is 9.45. The van der Waals surface area contributed by atoms with Gasteiger partial charge < -0.3 is 5.32 Å². The number of aromatic nitrogens is 2. The maximum atomic E-state index is 6.02. The number of nitrogens with zero attached hydrogens (tertiary/aromatic N) is 2. The first-order valence-corrected chi connectivity index (χ1v) is 7.35. The Bertz CT molecular complexity index is 643. The van der Waals surface area contributed by atoms with Gasteiger partial charge >= 0.3 is 0 Å². The van der Waals surface area contributed by atoms with Crippen LogP contribution in [0.25, 0.3) is 11.4 Å². The van der Waals surface area contributed by atoms with E-state index in [1.165, 1.54) is 5.56 Å². The van der Waals surface area contributed by atoms with Crippen LogP contribution in [0.15, 0.2) is 22.7 Å². The third kappa shape index (κ3) is 2.53. The number of nitrogens with one attached hydrogen (secondary N) is 1. The minimum absolute atomic E-state index is 0.695. The molecule has 0 unspecified atom stereocenters. The SMILES string of the molecule is Cc1nc(-c2ccc(Cl)c(Br)c2)nc2c1CCNC2. The summed E-state index contributed by atoms with van der Waals surface area (Å²) in [4.78, 5) is 9.30. The Morgan fingerprint density at radius 2 is 2.16 bits per heavy atom. The zero-order valence-electron chi connectivity index (χ0n) is 10.5. The molecule has 0 atom stereocenters. The predicted molar refractivity (Wildman–Crippen MR) is 80.3 cm³/mol. The zero-order chi connectivity index (χ0) is 13.4. The van der Waals surface area contributed by atoms with Crippen LogP contribution in [0.5, 0.6) is 0 Å². The Kier molecular flexibility index (Phi) is 3.56. The molecular weight excluding hydrogens is 326 g/mol. The highest BCUT2D eigenvalue weighted by Gasteiger charge is 2.16. The average molecular weight is 339 g/mol. The van der Waals surface area contributed by atoms with Crippen LogP contribution in [-0.2, 0) is 13.0 Å². The minimum atomic E-state index is 0.695. The summed E-state index contributed by atoms with van der Waals surface area (Å²) in [5, 5.41) is 4.04. The van der Waals surface area contributed by atoms with Gasteiger partial charge in [0.05, 0.1) is 10.7 Å². The largest absolute Gasteiger partial charge is 0.311 e. The molecule has 19 heavy (non-hydrogen) atoms. The van der Waals surface area contributed by atoms with Crippen molar-refractivity contribution in [1.29, 1.82) is 0 Å². The fourth-order valence-electron chi connectivity index (χ4n) is 2.31. The van der Waals surface area contributed by atoms with Crippen molar-refractivity contribution in [2.45, 2.75) is 19.9 Å². The number of halogens is 2. The van der Waals surface area contributed by atoms with E-state index in [0.717, 1.165) is 46.8 Å². The molecule has 0 fully saturated rings. The topological polar surface area (TPSA) is 37.8 Å². The third-order valence-corrected chi connectivity index (χ3v) is 4.54. The van der Waals surface area contributed by atoms with Crippen molar-refractivity contribution in [2.75, 3.05) is 6.54 Å². The van der Waals surface area contributed by atoms with Crippen molar-refractivity contribution in [1.82, 2.24) is 15.3 Å². The molecule has 0 aliphatic carbocycles. The lowest BCUT2D eigenvalue weighted by atomic mass is 10.0. The van der Waals surface area contributed by atoms with Crippen molar-refractivity contribution < 1.29 is 0 Å². The second-order valence-electron chi connectivity index (χ2n) is 4.61. The summed E-state index contributed by atoms with van der Waals surface area (Å²) in [6, 6.07) is 5.77. The van der Waals surface area contributed by atoms with Gasteiger partial charge in [0.2, 0.25) is 0 Å². The molecule has 3 rings (SSSR count). The summed E-state index contributed by atoms with van der Waals surface area (Å²) in [6.45, 7) is 3.88. The van der Waals surface area contributed by atoms with Crippen LogP contribution in [0.4, 0.5) is 0 Å². The summed E-state index contributed by atoms with van der Waals surface area (Å²) in [5.74, 6) is 0.761. The molecule has 1 aliphatic heterocycles. The first kappa shape index (κ1) is 13.0. The maximum absolute atomic E-state index is 6.02. The van der Waals surface area contributed by atoms with Crippen molar-refractivity contribution in [3.8, 4) is 11.4 Å². The van der Waals surface area contributed by atoms with Gasteiger partial charge in [0, 0.05) is 22.3 Å². The second-order valence-corrected chi connectivity index (χ2v) is 5.88. The van der Waals surface area contributed by atoms with Crippen LogP contribution in [0, 0.1) is 6.92 Å². The maximum Gasteiger partial charge on any atom is 0.159 e. The molecule has 98 valence electrons. The molecule has 5 heteroatoms. The molecule has 0 spiro atoms. The van der Waals surface area contributed by atoms with Crippen LogP contribution >= 0.6 is 27.5 Å². The van der Waals surface area contributed by atoms with Crippen LogP contribution in [0.1, 0.15) is 17.0 Å². The van der Waals surface area contributed by atoms with Crippen LogP contribution in [0.3, 0.4) is 0 Å². The number of rotatable bonds is 1. The average Bonchev–Trinajstić information content (AvgIpc) is 2.42. The molecule has 1 N–H and O–H groups in total. The van der Waals surface area contributed by atoms with Gasteiger partial charge in [-0.05, 0) is 59.6 Å². The fourth-order valence-corrected chi connectivity index (χ4v) is 2.81. The smallest absolute Gasteiger partial charge is 0.159 e. The van der Waals surface area contributed by atoms with E-state index in [4.69, 9.17) is 11.6 Å². The van der Waals surface area contributed by atoms with Gasteiger partial charge in [-0.3, -0.25) is 0 Å². The van der Waals surface area contributed by atoms with Crippen LogP contribution in [0.2, 0.25) is 5.02 Å². The number of hydrogen-bond donors (Lipinski definition) is 1. The van der Waals surface area contributed by atoms with Crippen molar-refractivity contribution >= 4 is 27.5 Å². The normalized spacial score (nSPS) is 14.3. The van der Waals surface area contributed by atoms with Crippen LogP contribution in [-0.4, -0.2) is 16.5 Å². The van der Waals surface area contributed by atoms with Gasteiger partial charge in [-0.25, -0.2) is 9.97 Å². The van der Waals surface area contributed by atoms with Gasteiger partial charge in [0.15, 0.2) is 5.82 Å². The standard InChI is InChI=1S/C14H13BrClN3/c1-8-10-4-5-17-7-13(10)19-14(18-8)9-2-3-12(16)11(15)6-9/h2-3,6,17H,4-5,7H2,1H3. The van der Waals surface area contributed by atoms with E-state index in [1.807, 2.05) is 18.2 Å². The minimum Gasteiger partial charge on any atom is -0.311 e. The van der Waals surface area contributed by atoms with Gasteiger partial charge in [-0.1, -0.05) is 11.6 Å². The van der Waals surface area contributed by atoms with Crippen LogP contribution < -0.4 is 5.32 Å². The van der Waals surface area contributed by atoms with Gasteiger partial charge in [0.25, 0.3) is 0 Å². The molecule has 2 aromatic rings. The van der Waals surface area contributed by atoms with Crippen molar-refractivity contribution in [3.05, 3.63) is 44.6 Å². The Balaban J connectivity index is 2.10. The van der Waals surface area contributed by atoms with E-state index in [-0.39, 0.29) is 0 Å². The molecule has 0 saturated heterocycles. The molecule has 1 aliphatic rings. The second kappa shape index (κ2) is 5.19. The highest BCUT2D eigenvalue weighted by molar-refractivity contribution is 9.10. The molecule has 0 radical (unpaired) electrons. The lowest BCUT2D eigenvalue weighted by Crippen LogP contribution is -2.26. The number of fused-ring (bicyclic) bond motifs is 1. The number of hydrogen-bond acceptors (Lipinski definition) is 3.